The van der Waals surface area contributed by atoms with E-state index in [0.29, 0.717) is 17.9 Å². The van der Waals surface area contributed by atoms with Crippen LogP contribution < -0.4 is 15.0 Å². The van der Waals surface area contributed by atoms with E-state index in [4.69, 9.17) is 35.3 Å². The molecule has 12 heteroatoms. The van der Waals surface area contributed by atoms with E-state index in [1.54, 1.807) is 40.0 Å². The summed E-state index contributed by atoms with van der Waals surface area (Å²) in [5.41, 5.74) is -0.587. The fourth-order valence-electron chi connectivity index (χ4n) is 5.88. The average molecular weight is 635 g/mol. The molecule has 2 amide bonds. The van der Waals surface area contributed by atoms with Crippen LogP contribution in [0.2, 0.25) is 5.02 Å². The first-order valence-electron chi connectivity index (χ1n) is 14.7. The molecule has 242 valence electrons. The van der Waals surface area contributed by atoms with Gasteiger partial charge in [-0.15, -0.1) is 0 Å². The van der Waals surface area contributed by atoms with Crippen molar-refractivity contribution in [1.29, 1.82) is 0 Å². The number of allylic oxidation sites excluding steroid dienone is 3. The summed E-state index contributed by atoms with van der Waals surface area (Å²) in [7, 11) is 4.56. The van der Waals surface area contributed by atoms with Gasteiger partial charge in [-0.2, -0.15) is 0 Å². The number of benzene rings is 1. The monoisotopic (exact) mass is 634 g/mol. The van der Waals surface area contributed by atoms with E-state index in [0.717, 1.165) is 11.1 Å². The zero-order valence-corrected chi connectivity index (χ0v) is 27.3. The summed E-state index contributed by atoms with van der Waals surface area (Å²) in [6, 6.07) is 3.63. The number of hydrogen-bond acceptors (Lipinski definition) is 9. The third kappa shape index (κ3) is 6.91. The molecule has 0 spiro atoms. The number of alkyl carbamates (subject to hydrolysis) is 1. The summed E-state index contributed by atoms with van der Waals surface area (Å²) in [6.07, 6.45) is 1.65. The molecule has 2 fully saturated rings. The van der Waals surface area contributed by atoms with Crippen LogP contribution in [-0.2, 0) is 35.0 Å². The van der Waals surface area contributed by atoms with Crippen molar-refractivity contribution in [2.75, 3.05) is 26.2 Å². The topological polar surface area (TPSA) is 136 Å². The number of ether oxygens (including phenoxy) is 5. The maximum atomic E-state index is 13.8. The molecule has 44 heavy (non-hydrogen) atoms. The van der Waals surface area contributed by atoms with Gasteiger partial charge in [0.25, 0.3) is 0 Å². The normalized spacial score (nSPS) is 34.7. The molecule has 1 aromatic carbocycles. The third-order valence-electron chi connectivity index (χ3n) is 8.68. The number of esters is 1. The summed E-state index contributed by atoms with van der Waals surface area (Å²) in [5, 5.41) is 14.4. The molecule has 0 aromatic heterocycles. The minimum absolute atomic E-state index is 0.00361. The van der Waals surface area contributed by atoms with Gasteiger partial charge in [0.05, 0.1) is 31.2 Å². The minimum atomic E-state index is -1.77. The second-order valence-corrected chi connectivity index (χ2v) is 12.8. The smallest absolute Gasteiger partial charge is 0.409 e. The van der Waals surface area contributed by atoms with Crippen LogP contribution in [0.3, 0.4) is 0 Å². The van der Waals surface area contributed by atoms with E-state index in [9.17, 15) is 19.5 Å². The molecular weight excluding hydrogens is 592 g/mol. The molecule has 11 nitrogen and oxygen atoms in total. The van der Waals surface area contributed by atoms with Crippen LogP contribution in [0.4, 0.5) is 10.5 Å². The quantitative estimate of drug-likeness (QED) is 0.366. The Morgan fingerprint density at radius 1 is 1.25 bits per heavy atom. The van der Waals surface area contributed by atoms with Gasteiger partial charge >= 0.3 is 12.1 Å². The van der Waals surface area contributed by atoms with E-state index in [1.165, 1.54) is 19.1 Å². The molecule has 2 N–H and O–H groups in total. The van der Waals surface area contributed by atoms with Crippen LogP contribution in [0.25, 0.3) is 0 Å². The second-order valence-electron chi connectivity index (χ2n) is 12.4. The van der Waals surface area contributed by atoms with Crippen molar-refractivity contribution in [2.24, 2.45) is 11.8 Å². The molecule has 3 heterocycles. The lowest BCUT2D eigenvalue weighted by atomic mass is 9.83. The highest BCUT2D eigenvalue weighted by Crippen LogP contribution is 2.49. The standard InChI is InChI=1S/C32H43ClN2O9/c1-17(2)29(37)43-25-15-26(36)35(6)21-13-20(14-22(40-7)27(21)33)12-18(3)10-9-11-24(41-8)32(39)16-23(42-30(38)34-32)19(4)28-31(25,5)44-28/h9-11,13-14,17,19,23-25,28,39H,12,15-16H2,1-8H3,(H,34,38)/b11-9+,18-10-/t19-,23-,24+,25+,28-,31+,32+/m1/s1. The first-order valence-corrected chi connectivity index (χ1v) is 15.1. The van der Waals surface area contributed by atoms with Gasteiger partial charge in [-0.3, -0.25) is 14.9 Å². The lowest BCUT2D eigenvalue weighted by Crippen LogP contribution is -2.63. The number of halogens is 1. The van der Waals surface area contributed by atoms with E-state index < -0.39 is 59.6 Å². The van der Waals surface area contributed by atoms with Gasteiger partial charge in [-0.05, 0) is 38.0 Å². The molecule has 1 aromatic rings. The van der Waals surface area contributed by atoms with Crippen molar-refractivity contribution >= 4 is 35.3 Å². The molecule has 7 atom stereocenters. The van der Waals surface area contributed by atoms with Gasteiger partial charge in [-0.25, -0.2) is 4.79 Å². The number of epoxide rings is 1. The van der Waals surface area contributed by atoms with Gasteiger partial charge in [0.15, 0.2) is 5.72 Å². The summed E-state index contributed by atoms with van der Waals surface area (Å²) >= 11 is 6.68. The van der Waals surface area contributed by atoms with Crippen molar-refractivity contribution in [2.45, 2.75) is 89.6 Å². The molecule has 0 unspecified atom stereocenters. The number of anilines is 1. The summed E-state index contributed by atoms with van der Waals surface area (Å²) in [6.45, 7) is 8.95. The van der Waals surface area contributed by atoms with E-state index in [-0.39, 0.29) is 23.8 Å². The number of carbonyl (C=O) groups is 3. The number of fused-ring (bicyclic) bond motifs is 5. The Morgan fingerprint density at radius 2 is 1.95 bits per heavy atom. The maximum Gasteiger partial charge on any atom is 0.409 e. The van der Waals surface area contributed by atoms with Crippen molar-refractivity contribution < 1.29 is 43.2 Å². The predicted molar refractivity (Wildman–Crippen MR) is 164 cm³/mol. The number of methoxy groups -OCH3 is 2. The number of nitrogens with one attached hydrogen (secondary N) is 1. The van der Waals surface area contributed by atoms with Crippen molar-refractivity contribution in [3.63, 3.8) is 0 Å². The van der Waals surface area contributed by atoms with Crippen LogP contribution >= 0.6 is 11.6 Å². The van der Waals surface area contributed by atoms with E-state index in [2.05, 4.69) is 5.32 Å². The molecule has 4 bridgehead atoms. The van der Waals surface area contributed by atoms with Crippen LogP contribution in [0.1, 0.15) is 53.0 Å². The molecular formula is C32H43ClN2O9. The number of hydrogen-bond donors (Lipinski definition) is 2. The molecule has 3 aliphatic heterocycles. The van der Waals surface area contributed by atoms with Gasteiger partial charge in [-0.1, -0.05) is 56.2 Å². The summed E-state index contributed by atoms with van der Waals surface area (Å²) < 4.78 is 28.8. The van der Waals surface area contributed by atoms with Gasteiger partial charge < -0.3 is 33.7 Å². The summed E-state index contributed by atoms with van der Waals surface area (Å²) in [5.74, 6) is -1.30. The summed E-state index contributed by atoms with van der Waals surface area (Å²) in [4.78, 5) is 40.7. The predicted octanol–water partition coefficient (Wildman–Crippen LogP) is 4.32. The van der Waals surface area contributed by atoms with E-state index in [1.807, 2.05) is 32.1 Å². The highest BCUT2D eigenvalue weighted by atomic mass is 35.5. The van der Waals surface area contributed by atoms with Crippen LogP contribution in [-0.4, -0.2) is 80.1 Å². The highest BCUT2D eigenvalue weighted by molar-refractivity contribution is 6.35. The first-order chi connectivity index (χ1) is 20.6. The Kier molecular flexibility index (Phi) is 10.0. The number of aliphatic hydroxyl groups is 1. The molecule has 4 rings (SSSR count). The SMILES string of the molecule is COc1cc2cc(c1Cl)N(C)C(=O)C[C@H](OC(=O)C(C)C)[C@]1(C)O[C@@H]1[C@H](C)[C@H]1C[C@@](O)(NC(=O)O1)[C@@H](OC)/C=C/C=C(/C)C2. The zero-order valence-electron chi connectivity index (χ0n) is 26.5. The zero-order chi connectivity index (χ0) is 32.6. The number of carbonyl (C=O) groups excluding carboxylic acids is 3. The van der Waals surface area contributed by atoms with Crippen LogP contribution in [0, 0.1) is 11.8 Å². The number of nitrogens with zero attached hydrogens (tertiary/aromatic N) is 1. The van der Waals surface area contributed by atoms with Gasteiger partial charge in [0, 0.05) is 26.5 Å². The fraction of sp³-hybridized carbons (Fsp3) is 0.594. The largest absolute Gasteiger partial charge is 0.495 e. The third-order valence-corrected chi connectivity index (χ3v) is 9.06. The first kappa shape index (κ1) is 33.8. The minimum Gasteiger partial charge on any atom is -0.495 e. The highest BCUT2D eigenvalue weighted by Gasteiger charge is 2.64. The lowest BCUT2D eigenvalue weighted by Gasteiger charge is -2.42. The van der Waals surface area contributed by atoms with Crippen molar-refractivity contribution in [3.05, 3.63) is 46.5 Å². The van der Waals surface area contributed by atoms with Crippen LogP contribution in [0.5, 0.6) is 5.75 Å². The molecule has 0 radical (unpaired) electrons. The number of rotatable bonds is 4. The van der Waals surface area contributed by atoms with Crippen molar-refractivity contribution in [1.82, 2.24) is 5.32 Å². The van der Waals surface area contributed by atoms with Gasteiger partial charge in [0.1, 0.15) is 34.7 Å². The Morgan fingerprint density at radius 3 is 2.59 bits per heavy atom. The van der Waals surface area contributed by atoms with Crippen molar-refractivity contribution in [3.8, 4) is 5.75 Å². The van der Waals surface area contributed by atoms with Crippen LogP contribution in [0.15, 0.2) is 35.9 Å². The fourth-order valence-corrected chi connectivity index (χ4v) is 6.19. The molecule has 0 saturated carbocycles. The average Bonchev–Trinajstić information content (AvgIpc) is 3.66. The van der Waals surface area contributed by atoms with E-state index >= 15 is 0 Å². The molecule has 3 aliphatic rings. The Labute approximate surface area is 263 Å². The molecule has 2 saturated heterocycles. The Bertz CT molecular complexity index is 1350. The van der Waals surface area contributed by atoms with Gasteiger partial charge in [0.2, 0.25) is 5.91 Å². The molecule has 0 aliphatic carbocycles. The maximum absolute atomic E-state index is 13.8. The number of amides is 2. The Hall–Kier alpha value is -3.12. The second kappa shape index (κ2) is 13.1. The Balaban J connectivity index is 1.80. The lowest BCUT2D eigenvalue weighted by molar-refractivity contribution is -0.157.